The zero-order valence-electron chi connectivity index (χ0n) is 5.72. The molecule has 0 aliphatic carbocycles. The van der Waals surface area contributed by atoms with E-state index in [1.165, 1.54) is 0 Å². The molecule has 1 N–H and O–H groups in total. The van der Waals surface area contributed by atoms with Crippen LogP contribution in [0.1, 0.15) is 20.3 Å². The van der Waals surface area contributed by atoms with Crippen molar-refractivity contribution in [2.45, 2.75) is 20.3 Å². The number of hydrogen-bond acceptors (Lipinski definition) is 2. The van der Waals surface area contributed by atoms with Crippen LogP contribution in [-0.4, -0.2) is 16.8 Å². The number of carbonyl (C=O) groups is 1. The van der Waals surface area contributed by atoms with Gasteiger partial charge in [0.15, 0.2) is 0 Å². The Hall–Kier alpha value is -0.180. The van der Waals surface area contributed by atoms with Crippen molar-refractivity contribution in [2.24, 2.45) is 5.41 Å². The molecule has 0 rings (SSSR count). The molecule has 0 aromatic heterocycles. The molecule has 0 fully saturated rings. The fourth-order valence-corrected chi connectivity index (χ4v) is 0.690. The Balaban J connectivity index is 4.09. The lowest BCUT2D eigenvalue weighted by Gasteiger charge is -2.19. The normalized spacial score (nSPS) is 16.8. The van der Waals surface area contributed by atoms with Gasteiger partial charge in [0.1, 0.15) is 0 Å². The highest BCUT2D eigenvalue weighted by atomic mass is 32.1. The topological polar surface area (TPSA) is 37.3 Å². The lowest BCUT2D eigenvalue weighted by molar-refractivity contribution is -0.146. The summed E-state index contributed by atoms with van der Waals surface area (Å²) in [5.41, 5.74) is -0.636. The van der Waals surface area contributed by atoms with E-state index in [2.05, 4.69) is 12.6 Å². The first-order chi connectivity index (χ1) is 4.06. The van der Waals surface area contributed by atoms with E-state index < -0.39 is 11.4 Å². The molecule has 0 spiro atoms. The van der Waals surface area contributed by atoms with Crippen molar-refractivity contribution in [3.8, 4) is 0 Å². The van der Waals surface area contributed by atoms with Gasteiger partial charge in [-0.1, -0.05) is 6.92 Å². The Bertz CT molecular complexity index is 108. The minimum absolute atomic E-state index is 0.402. The monoisotopic (exact) mass is 148 g/mol. The first-order valence-corrected chi connectivity index (χ1v) is 3.54. The number of aliphatic carboxylic acids is 1. The van der Waals surface area contributed by atoms with E-state index >= 15 is 0 Å². The van der Waals surface area contributed by atoms with Crippen molar-refractivity contribution < 1.29 is 9.90 Å². The summed E-state index contributed by atoms with van der Waals surface area (Å²) in [4.78, 5) is 10.4. The minimum atomic E-state index is -0.764. The van der Waals surface area contributed by atoms with E-state index in [9.17, 15) is 4.79 Å². The largest absolute Gasteiger partial charge is 0.481 e. The molecule has 54 valence electrons. The molecular formula is C6H12O2S. The molecule has 0 amide bonds. The number of hydrogen-bond donors (Lipinski definition) is 2. The van der Waals surface area contributed by atoms with Crippen molar-refractivity contribution >= 4 is 18.6 Å². The summed E-state index contributed by atoms with van der Waals surface area (Å²) in [6.07, 6.45) is 0.631. The number of rotatable bonds is 3. The van der Waals surface area contributed by atoms with Crippen LogP contribution in [0.25, 0.3) is 0 Å². The predicted molar refractivity (Wildman–Crippen MR) is 39.9 cm³/mol. The summed E-state index contributed by atoms with van der Waals surface area (Å²) in [5, 5.41) is 8.58. The summed E-state index contributed by atoms with van der Waals surface area (Å²) in [6.45, 7) is 3.55. The van der Waals surface area contributed by atoms with E-state index in [-0.39, 0.29) is 0 Å². The summed E-state index contributed by atoms with van der Waals surface area (Å²) < 4.78 is 0. The molecule has 0 heterocycles. The average molecular weight is 148 g/mol. The fourth-order valence-electron chi connectivity index (χ4n) is 0.331. The van der Waals surface area contributed by atoms with Crippen LogP contribution in [0.5, 0.6) is 0 Å². The first-order valence-electron chi connectivity index (χ1n) is 2.91. The van der Waals surface area contributed by atoms with Crippen LogP contribution in [0.2, 0.25) is 0 Å². The number of carboxylic acids is 1. The molecule has 9 heavy (non-hydrogen) atoms. The highest BCUT2D eigenvalue weighted by molar-refractivity contribution is 7.80. The van der Waals surface area contributed by atoms with Crippen molar-refractivity contribution in [3.05, 3.63) is 0 Å². The zero-order valence-corrected chi connectivity index (χ0v) is 6.61. The highest BCUT2D eigenvalue weighted by Gasteiger charge is 2.28. The van der Waals surface area contributed by atoms with E-state index in [1.807, 2.05) is 6.92 Å². The van der Waals surface area contributed by atoms with Gasteiger partial charge in [-0.25, -0.2) is 0 Å². The molecule has 0 aliphatic heterocycles. The Morgan fingerprint density at radius 3 is 2.22 bits per heavy atom. The van der Waals surface area contributed by atoms with Crippen molar-refractivity contribution in [1.82, 2.24) is 0 Å². The van der Waals surface area contributed by atoms with Crippen LogP contribution in [0, 0.1) is 5.41 Å². The van der Waals surface area contributed by atoms with Crippen LogP contribution in [-0.2, 0) is 4.79 Å². The van der Waals surface area contributed by atoms with Gasteiger partial charge < -0.3 is 5.11 Å². The van der Waals surface area contributed by atoms with Gasteiger partial charge in [-0.3, -0.25) is 4.79 Å². The van der Waals surface area contributed by atoms with Gasteiger partial charge in [-0.15, -0.1) is 0 Å². The minimum Gasteiger partial charge on any atom is -0.481 e. The SMILES string of the molecule is CC[C@](C)(CS)C(=O)O. The quantitative estimate of drug-likeness (QED) is 0.594. The second kappa shape index (κ2) is 3.11. The first kappa shape index (κ1) is 8.82. The molecule has 0 aromatic rings. The maximum Gasteiger partial charge on any atom is 0.310 e. The van der Waals surface area contributed by atoms with E-state index in [4.69, 9.17) is 5.11 Å². The number of thiol groups is 1. The molecular weight excluding hydrogens is 136 g/mol. The second-order valence-electron chi connectivity index (χ2n) is 2.38. The molecule has 3 heteroatoms. The van der Waals surface area contributed by atoms with E-state index in [1.54, 1.807) is 6.92 Å². The van der Waals surface area contributed by atoms with Crippen LogP contribution in [0.3, 0.4) is 0 Å². The Kier molecular flexibility index (Phi) is 3.04. The Labute approximate surface area is 60.7 Å². The smallest absolute Gasteiger partial charge is 0.310 e. The maximum atomic E-state index is 10.4. The van der Waals surface area contributed by atoms with E-state index in [0.717, 1.165) is 0 Å². The van der Waals surface area contributed by atoms with Crippen LogP contribution in [0.15, 0.2) is 0 Å². The van der Waals surface area contributed by atoms with Crippen LogP contribution >= 0.6 is 12.6 Å². The zero-order chi connectivity index (χ0) is 7.49. The summed E-state index contributed by atoms with van der Waals surface area (Å²) in [7, 11) is 0. The maximum absolute atomic E-state index is 10.4. The molecule has 0 unspecified atom stereocenters. The van der Waals surface area contributed by atoms with Gasteiger partial charge in [0.05, 0.1) is 5.41 Å². The van der Waals surface area contributed by atoms with Crippen LogP contribution < -0.4 is 0 Å². The Morgan fingerprint density at radius 2 is 2.22 bits per heavy atom. The van der Waals surface area contributed by atoms with Gasteiger partial charge in [-0.05, 0) is 13.3 Å². The van der Waals surface area contributed by atoms with Gasteiger partial charge >= 0.3 is 5.97 Å². The summed E-state index contributed by atoms with van der Waals surface area (Å²) >= 11 is 3.94. The third kappa shape index (κ3) is 1.90. The molecule has 0 bridgehead atoms. The third-order valence-electron chi connectivity index (χ3n) is 1.65. The Morgan fingerprint density at radius 1 is 1.78 bits per heavy atom. The summed E-state index contributed by atoms with van der Waals surface area (Å²) in [6, 6.07) is 0. The molecule has 0 radical (unpaired) electrons. The van der Waals surface area contributed by atoms with Gasteiger partial charge in [0, 0.05) is 5.75 Å². The summed E-state index contributed by atoms with van der Waals surface area (Å²) in [5.74, 6) is -0.362. The molecule has 1 atom stereocenters. The fraction of sp³-hybridized carbons (Fsp3) is 0.833. The highest BCUT2D eigenvalue weighted by Crippen LogP contribution is 2.22. The van der Waals surface area contributed by atoms with Crippen molar-refractivity contribution in [2.75, 3.05) is 5.75 Å². The van der Waals surface area contributed by atoms with Crippen LogP contribution in [0.4, 0.5) is 0 Å². The molecule has 2 nitrogen and oxygen atoms in total. The lowest BCUT2D eigenvalue weighted by Crippen LogP contribution is -2.28. The second-order valence-corrected chi connectivity index (χ2v) is 2.69. The van der Waals surface area contributed by atoms with Crippen molar-refractivity contribution in [1.29, 1.82) is 0 Å². The molecule has 0 aliphatic rings. The molecule has 0 saturated carbocycles. The predicted octanol–water partition coefficient (Wildman–Crippen LogP) is 1.42. The molecule has 0 saturated heterocycles. The third-order valence-corrected chi connectivity index (χ3v) is 2.34. The van der Waals surface area contributed by atoms with Gasteiger partial charge in [0.2, 0.25) is 0 Å². The lowest BCUT2D eigenvalue weighted by atomic mass is 9.90. The van der Waals surface area contributed by atoms with Crippen molar-refractivity contribution in [3.63, 3.8) is 0 Å². The average Bonchev–Trinajstić information content (AvgIpc) is 1.86. The standard InChI is InChI=1S/C6H12O2S/c1-3-6(2,4-9)5(7)8/h9H,3-4H2,1-2H3,(H,7,8)/t6-/m1/s1. The van der Waals surface area contributed by atoms with Gasteiger partial charge in [0.25, 0.3) is 0 Å². The van der Waals surface area contributed by atoms with Gasteiger partial charge in [-0.2, -0.15) is 12.6 Å². The number of carboxylic acid groups (broad SMARTS) is 1. The van der Waals surface area contributed by atoms with E-state index in [0.29, 0.717) is 12.2 Å². The molecule has 0 aromatic carbocycles.